The topological polar surface area (TPSA) is 81.7 Å². The molecule has 1 amide bonds. The zero-order valence-electron chi connectivity index (χ0n) is 13.6. The third-order valence-corrected chi connectivity index (χ3v) is 5.18. The van der Waals surface area contributed by atoms with Gasteiger partial charge in [-0.3, -0.25) is 5.32 Å². The average molecular weight is 359 g/mol. The number of allylic oxidation sites excluding steroid dienone is 1. The summed E-state index contributed by atoms with van der Waals surface area (Å²) in [4.78, 5) is 11.5. The lowest BCUT2D eigenvalue weighted by Crippen LogP contribution is -2.15. The van der Waals surface area contributed by atoms with Crippen LogP contribution in [0.1, 0.15) is 17.5 Å². The minimum Gasteiger partial charge on any atom is -0.453 e. The van der Waals surface area contributed by atoms with Crippen molar-refractivity contribution in [3.63, 3.8) is 0 Å². The normalized spacial score (nSPS) is 13.4. The molecule has 0 atom stereocenters. The SMILES string of the molecule is COC(=O)Nc1cccc(OS(=O)(=O)C2=Cc3ccccc3CC2)c1. The number of aryl methyl sites for hydroxylation is 1. The Labute approximate surface area is 146 Å². The van der Waals surface area contributed by atoms with Crippen LogP contribution in [0.15, 0.2) is 53.4 Å². The number of nitrogens with one attached hydrogen (secondary N) is 1. The van der Waals surface area contributed by atoms with Gasteiger partial charge in [-0.05, 0) is 42.2 Å². The van der Waals surface area contributed by atoms with E-state index in [2.05, 4.69) is 10.1 Å². The Kier molecular flexibility index (Phi) is 4.76. The Morgan fingerprint density at radius 3 is 2.68 bits per heavy atom. The van der Waals surface area contributed by atoms with Crippen molar-refractivity contribution in [3.05, 3.63) is 64.6 Å². The Hall–Kier alpha value is -2.80. The average Bonchev–Trinajstić information content (AvgIpc) is 2.61. The van der Waals surface area contributed by atoms with Crippen LogP contribution in [-0.4, -0.2) is 21.6 Å². The number of carbonyl (C=O) groups excluding carboxylic acids is 1. The summed E-state index contributed by atoms with van der Waals surface area (Å²) in [6, 6.07) is 13.8. The van der Waals surface area contributed by atoms with E-state index < -0.39 is 16.2 Å². The summed E-state index contributed by atoms with van der Waals surface area (Å²) in [6.45, 7) is 0. The number of anilines is 1. The Morgan fingerprint density at radius 2 is 1.88 bits per heavy atom. The monoisotopic (exact) mass is 359 g/mol. The maximum Gasteiger partial charge on any atom is 0.411 e. The second-order valence-electron chi connectivity index (χ2n) is 5.49. The molecule has 0 aliphatic heterocycles. The van der Waals surface area contributed by atoms with Gasteiger partial charge >= 0.3 is 16.2 Å². The number of methoxy groups -OCH3 is 1. The first kappa shape index (κ1) is 17.0. The molecule has 0 radical (unpaired) electrons. The first-order valence-corrected chi connectivity index (χ1v) is 9.07. The molecule has 2 aromatic rings. The first-order chi connectivity index (χ1) is 12.0. The molecule has 0 saturated carbocycles. The zero-order valence-corrected chi connectivity index (χ0v) is 14.4. The number of rotatable bonds is 4. The molecule has 0 unspecified atom stereocenters. The number of hydrogen-bond acceptors (Lipinski definition) is 5. The highest BCUT2D eigenvalue weighted by atomic mass is 32.2. The van der Waals surface area contributed by atoms with Gasteiger partial charge in [0.1, 0.15) is 5.75 Å². The van der Waals surface area contributed by atoms with Crippen LogP contribution in [0.5, 0.6) is 5.75 Å². The molecule has 130 valence electrons. The van der Waals surface area contributed by atoms with Crippen LogP contribution in [0.25, 0.3) is 6.08 Å². The van der Waals surface area contributed by atoms with Crippen molar-refractivity contribution in [3.8, 4) is 5.75 Å². The van der Waals surface area contributed by atoms with Crippen molar-refractivity contribution >= 4 is 28.0 Å². The van der Waals surface area contributed by atoms with Gasteiger partial charge in [-0.25, -0.2) is 4.79 Å². The van der Waals surface area contributed by atoms with Gasteiger partial charge in [0.15, 0.2) is 0 Å². The van der Waals surface area contributed by atoms with E-state index in [4.69, 9.17) is 4.18 Å². The first-order valence-electron chi connectivity index (χ1n) is 7.66. The minimum absolute atomic E-state index is 0.119. The van der Waals surface area contributed by atoms with Gasteiger partial charge in [-0.15, -0.1) is 0 Å². The number of benzene rings is 2. The van der Waals surface area contributed by atoms with E-state index in [-0.39, 0.29) is 10.7 Å². The van der Waals surface area contributed by atoms with E-state index in [1.165, 1.54) is 19.2 Å². The lowest BCUT2D eigenvalue weighted by Gasteiger charge is -2.17. The predicted molar refractivity (Wildman–Crippen MR) is 94.8 cm³/mol. The fourth-order valence-electron chi connectivity index (χ4n) is 2.58. The van der Waals surface area contributed by atoms with Crippen LogP contribution >= 0.6 is 0 Å². The van der Waals surface area contributed by atoms with E-state index in [1.807, 2.05) is 24.3 Å². The van der Waals surface area contributed by atoms with Gasteiger partial charge < -0.3 is 8.92 Å². The van der Waals surface area contributed by atoms with Crippen molar-refractivity contribution in [2.75, 3.05) is 12.4 Å². The van der Waals surface area contributed by atoms with Crippen LogP contribution in [0.4, 0.5) is 10.5 Å². The highest BCUT2D eigenvalue weighted by molar-refractivity contribution is 7.91. The van der Waals surface area contributed by atoms with E-state index >= 15 is 0 Å². The molecule has 0 aromatic heterocycles. The smallest absolute Gasteiger partial charge is 0.411 e. The standard InChI is InChI=1S/C18H17NO5S/c1-23-18(20)19-15-7-4-8-16(12-15)24-25(21,22)17-10-9-13-5-2-3-6-14(13)11-17/h2-8,11-12H,9-10H2,1H3,(H,19,20). The molecule has 2 aromatic carbocycles. The van der Waals surface area contributed by atoms with Gasteiger partial charge in [-0.1, -0.05) is 30.3 Å². The summed E-state index contributed by atoms with van der Waals surface area (Å²) < 4.78 is 34.8. The van der Waals surface area contributed by atoms with Crippen molar-refractivity contribution < 1.29 is 22.1 Å². The number of carbonyl (C=O) groups is 1. The van der Waals surface area contributed by atoms with Gasteiger partial charge in [0, 0.05) is 11.8 Å². The summed E-state index contributed by atoms with van der Waals surface area (Å²) in [5, 5.41) is 2.46. The Balaban J connectivity index is 1.82. The molecule has 1 N–H and O–H groups in total. The fourth-order valence-corrected chi connectivity index (χ4v) is 3.67. The largest absolute Gasteiger partial charge is 0.453 e. The second kappa shape index (κ2) is 6.98. The highest BCUT2D eigenvalue weighted by Gasteiger charge is 2.23. The molecule has 6 nitrogen and oxygen atoms in total. The van der Waals surface area contributed by atoms with E-state index in [0.29, 0.717) is 18.5 Å². The molecule has 0 heterocycles. The lowest BCUT2D eigenvalue weighted by atomic mass is 9.98. The van der Waals surface area contributed by atoms with Crippen molar-refractivity contribution in [2.24, 2.45) is 0 Å². The van der Waals surface area contributed by atoms with Crippen molar-refractivity contribution in [1.82, 2.24) is 0 Å². The second-order valence-corrected chi connectivity index (χ2v) is 7.09. The summed E-state index contributed by atoms with van der Waals surface area (Å²) in [5.41, 5.74) is 2.38. The van der Waals surface area contributed by atoms with Crippen molar-refractivity contribution in [2.45, 2.75) is 12.8 Å². The maximum atomic E-state index is 12.6. The maximum absolute atomic E-state index is 12.6. The minimum atomic E-state index is -3.91. The zero-order chi connectivity index (χ0) is 17.9. The molecular formula is C18H17NO5S. The summed E-state index contributed by atoms with van der Waals surface area (Å²) in [7, 11) is -2.67. The molecule has 3 rings (SSSR count). The van der Waals surface area contributed by atoms with Crippen LogP contribution in [0.2, 0.25) is 0 Å². The Bertz CT molecular complexity index is 934. The van der Waals surface area contributed by atoms with Gasteiger partial charge in [-0.2, -0.15) is 8.42 Å². The lowest BCUT2D eigenvalue weighted by molar-refractivity contribution is 0.187. The molecular weight excluding hydrogens is 342 g/mol. The van der Waals surface area contributed by atoms with E-state index in [9.17, 15) is 13.2 Å². The van der Waals surface area contributed by atoms with Gasteiger partial charge in [0.2, 0.25) is 0 Å². The van der Waals surface area contributed by atoms with Crippen molar-refractivity contribution in [1.29, 1.82) is 0 Å². The summed E-state index contributed by atoms with van der Waals surface area (Å²) in [5.74, 6) is 0.119. The molecule has 25 heavy (non-hydrogen) atoms. The molecule has 7 heteroatoms. The van der Waals surface area contributed by atoms with Gasteiger partial charge in [0.05, 0.1) is 12.0 Å². The molecule has 0 spiro atoms. The van der Waals surface area contributed by atoms with E-state index in [0.717, 1.165) is 11.1 Å². The number of amides is 1. The van der Waals surface area contributed by atoms with E-state index in [1.54, 1.807) is 18.2 Å². The molecule has 0 fully saturated rings. The number of ether oxygens (including phenoxy) is 1. The highest BCUT2D eigenvalue weighted by Crippen LogP contribution is 2.29. The molecule has 0 saturated heterocycles. The van der Waals surface area contributed by atoms with Crippen LogP contribution < -0.4 is 9.50 Å². The molecule has 0 bridgehead atoms. The van der Waals surface area contributed by atoms with Crippen LogP contribution in [0.3, 0.4) is 0 Å². The van der Waals surface area contributed by atoms with Crippen LogP contribution in [0, 0.1) is 0 Å². The fraction of sp³-hybridized carbons (Fsp3) is 0.167. The third kappa shape index (κ3) is 4.00. The molecule has 1 aliphatic carbocycles. The number of fused-ring (bicyclic) bond motifs is 1. The summed E-state index contributed by atoms with van der Waals surface area (Å²) in [6.07, 6.45) is 2.03. The predicted octanol–water partition coefficient (Wildman–Crippen LogP) is 3.56. The molecule has 1 aliphatic rings. The van der Waals surface area contributed by atoms with Crippen LogP contribution in [-0.2, 0) is 21.3 Å². The Morgan fingerprint density at radius 1 is 1.08 bits per heavy atom. The van der Waals surface area contributed by atoms with Gasteiger partial charge in [0.25, 0.3) is 0 Å². The third-order valence-electron chi connectivity index (χ3n) is 3.81. The quantitative estimate of drug-likeness (QED) is 0.844. The number of hydrogen-bond donors (Lipinski definition) is 1. The summed E-state index contributed by atoms with van der Waals surface area (Å²) >= 11 is 0.